The van der Waals surface area contributed by atoms with Crippen LogP contribution in [0, 0.1) is 11.8 Å². The molecule has 0 saturated carbocycles. The zero-order valence-electron chi connectivity index (χ0n) is 16.4. The molecule has 0 bridgehead atoms. The minimum Gasteiger partial charge on any atom is -0.396 e. The maximum absolute atomic E-state index is 9.20. The quantitative estimate of drug-likeness (QED) is 0.422. The highest BCUT2D eigenvalue weighted by molar-refractivity contribution is 5.80. The van der Waals surface area contributed by atoms with Gasteiger partial charge in [-0.05, 0) is 44.4 Å². The molecule has 1 atom stereocenters. The Balaban J connectivity index is 2.46. The van der Waals surface area contributed by atoms with Crippen molar-refractivity contribution < 1.29 is 5.11 Å². The van der Waals surface area contributed by atoms with E-state index in [0.717, 1.165) is 44.2 Å². The molecular formula is C19H40N4O. The van der Waals surface area contributed by atoms with Crippen molar-refractivity contribution in [2.45, 2.75) is 65.8 Å². The molecule has 5 nitrogen and oxygen atoms in total. The molecule has 1 saturated heterocycles. The van der Waals surface area contributed by atoms with Crippen molar-refractivity contribution in [3.8, 4) is 0 Å². The molecule has 0 aliphatic carbocycles. The average molecular weight is 341 g/mol. The second-order valence-electron chi connectivity index (χ2n) is 7.50. The number of hydrogen-bond donors (Lipinski definition) is 3. The van der Waals surface area contributed by atoms with E-state index < -0.39 is 0 Å². The Labute approximate surface area is 149 Å². The Hall–Kier alpha value is -0.810. The van der Waals surface area contributed by atoms with Gasteiger partial charge in [-0.25, -0.2) is 0 Å². The monoisotopic (exact) mass is 340 g/mol. The number of rotatable bonds is 10. The highest BCUT2D eigenvalue weighted by atomic mass is 16.3. The van der Waals surface area contributed by atoms with E-state index in [-0.39, 0.29) is 6.61 Å². The van der Waals surface area contributed by atoms with E-state index in [9.17, 15) is 5.11 Å². The molecule has 0 radical (unpaired) electrons. The largest absolute Gasteiger partial charge is 0.396 e. The van der Waals surface area contributed by atoms with Crippen LogP contribution >= 0.6 is 0 Å². The predicted molar refractivity (Wildman–Crippen MR) is 104 cm³/mol. The second kappa shape index (κ2) is 12.5. The SMILES string of the molecule is CCCC(CCO)CN=C(NCC)NC1CCN(CC(C)C)CC1. The van der Waals surface area contributed by atoms with Gasteiger partial charge in [0.25, 0.3) is 0 Å². The topological polar surface area (TPSA) is 59.9 Å². The van der Waals surface area contributed by atoms with Crippen LogP contribution in [-0.2, 0) is 0 Å². The van der Waals surface area contributed by atoms with Gasteiger partial charge in [-0.15, -0.1) is 0 Å². The van der Waals surface area contributed by atoms with Crippen molar-refractivity contribution in [3.05, 3.63) is 0 Å². The number of likely N-dealkylation sites (tertiary alicyclic amines) is 1. The zero-order valence-corrected chi connectivity index (χ0v) is 16.4. The van der Waals surface area contributed by atoms with Crippen LogP contribution in [0.1, 0.15) is 59.8 Å². The van der Waals surface area contributed by atoms with Gasteiger partial charge in [0, 0.05) is 45.4 Å². The lowest BCUT2D eigenvalue weighted by atomic mass is 10.0. The maximum Gasteiger partial charge on any atom is 0.191 e. The van der Waals surface area contributed by atoms with Crippen LogP contribution in [0.3, 0.4) is 0 Å². The van der Waals surface area contributed by atoms with Crippen molar-refractivity contribution in [1.29, 1.82) is 0 Å². The minimum atomic E-state index is 0.262. The van der Waals surface area contributed by atoms with Crippen molar-refractivity contribution >= 4 is 5.96 Å². The summed E-state index contributed by atoms with van der Waals surface area (Å²) in [5, 5.41) is 16.2. The first-order valence-corrected chi connectivity index (χ1v) is 9.97. The summed E-state index contributed by atoms with van der Waals surface area (Å²) in [6.07, 6.45) is 5.51. The summed E-state index contributed by atoms with van der Waals surface area (Å²) in [6.45, 7) is 14.4. The molecule has 1 unspecified atom stereocenters. The standard InChI is InChI=1S/C19H40N4O/c1-5-7-17(10-13-24)14-21-19(20-6-2)22-18-8-11-23(12-9-18)15-16(3)4/h16-18,24H,5-15H2,1-4H3,(H2,20,21,22). The normalized spacial score (nSPS) is 18.8. The van der Waals surface area contributed by atoms with Gasteiger partial charge in [0.15, 0.2) is 5.96 Å². The summed E-state index contributed by atoms with van der Waals surface area (Å²) in [4.78, 5) is 7.36. The van der Waals surface area contributed by atoms with Crippen molar-refractivity contribution in [2.75, 3.05) is 39.3 Å². The number of nitrogens with one attached hydrogen (secondary N) is 2. The Bertz CT molecular complexity index is 332. The van der Waals surface area contributed by atoms with Gasteiger partial charge in [-0.3, -0.25) is 4.99 Å². The number of piperidine rings is 1. The van der Waals surface area contributed by atoms with Crippen LogP contribution in [0.15, 0.2) is 4.99 Å². The number of nitrogens with zero attached hydrogens (tertiary/aromatic N) is 2. The van der Waals surface area contributed by atoms with Crippen LogP contribution in [-0.4, -0.2) is 61.3 Å². The third-order valence-corrected chi connectivity index (χ3v) is 4.64. The molecule has 3 N–H and O–H groups in total. The van der Waals surface area contributed by atoms with Gasteiger partial charge in [0.2, 0.25) is 0 Å². The number of hydrogen-bond acceptors (Lipinski definition) is 3. The second-order valence-corrected chi connectivity index (χ2v) is 7.50. The van der Waals surface area contributed by atoms with Crippen LogP contribution in [0.5, 0.6) is 0 Å². The van der Waals surface area contributed by atoms with Crippen LogP contribution in [0.4, 0.5) is 0 Å². The Morgan fingerprint density at radius 3 is 2.46 bits per heavy atom. The van der Waals surface area contributed by atoms with Gasteiger partial charge in [0.1, 0.15) is 0 Å². The molecule has 0 aromatic heterocycles. The van der Waals surface area contributed by atoms with Crippen molar-refractivity contribution in [2.24, 2.45) is 16.8 Å². The van der Waals surface area contributed by atoms with Crippen LogP contribution < -0.4 is 10.6 Å². The van der Waals surface area contributed by atoms with Crippen molar-refractivity contribution in [1.82, 2.24) is 15.5 Å². The highest BCUT2D eigenvalue weighted by Crippen LogP contribution is 2.13. The molecular weight excluding hydrogens is 300 g/mol. The number of aliphatic imine (C=N–C) groups is 1. The third-order valence-electron chi connectivity index (χ3n) is 4.64. The Morgan fingerprint density at radius 2 is 1.92 bits per heavy atom. The summed E-state index contributed by atoms with van der Waals surface area (Å²) in [7, 11) is 0. The molecule has 1 aliphatic heterocycles. The fraction of sp³-hybridized carbons (Fsp3) is 0.947. The predicted octanol–water partition coefficient (Wildman–Crippen LogP) is 2.46. The summed E-state index contributed by atoms with van der Waals surface area (Å²) in [6, 6.07) is 0.522. The lowest BCUT2D eigenvalue weighted by molar-refractivity contribution is 0.187. The van der Waals surface area contributed by atoms with E-state index in [0.29, 0.717) is 12.0 Å². The molecule has 142 valence electrons. The van der Waals surface area contributed by atoms with Gasteiger partial charge in [0.05, 0.1) is 0 Å². The van der Waals surface area contributed by atoms with E-state index in [1.54, 1.807) is 0 Å². The summed E-state index contributed by atoms with van der Waals surface area (Å²) < 4.78 is 0. The van der Waals surface area contributed by atoms with E-state index in [1.807, 2.05) is 0 Å². The summed E-state index contributed by atoms with van der Waals surface area (Å²) in [5.41, 5.74) is 0. The number of guanidine groups is 1. The average Bonchev–Trinajstić information content (AvgIpc) is 2.54. The minimum absolute atomic E-state index is 0.262. The lowest BCUT2D eigenvalue weighted by Gasteiger charge is -2.34. The summed E-state index contributed by atoms with van der Waals surface area (Å²) >= 11 is 0. The van der Waals surface area contributed by atoms with E-state index in [2.05, 4.69) is 43.2 Å². The molecule has 1 heterocycles. The molecule has 24 heavy (non-hydrogen) atoms. The molecule has 0 spiro atoms. The maximum atomic E-state index is 9.20. The molecule has 0 aromatic carbocycles. The zero-order chi connectivity index (χ0) is 17.8. The first-order chi connectivity index (χ1) is 11.6. The van der Waals surface area contributed by atoms with Gasteiger partial charge in [-0.1, -0.05) is 27.2 Å². The van der Waals surface area contributed by atoms with Crippen LogP contribution in [0.25, 0.3) is 0 Å². The molecule has 0 aromatic rings. The van der Waals surface area contributed by atoms with Crippen molar-refractivity contribution in [3.63, 3.8) is 0 Å². The molecule has 1 rings (SSSR count). The molecule has 1 aliphatic rings. The van der Waals surface area contributed by atoms with Gasteiger partial charge in [-0.2, -0.15) is 0 Å². The third kappa shape index (κ3) is 8.88. The summed E-state index contributed by atoms with van der Waals surface area (Å²) in [5.74, 6) is 2.18. The molecule has 0 amide bonds. The lowest BCUT2D eigenvalue weighted by Crippen LogP contribution is -2.49. The van der Waals surface area contributed by atoms with Gasteiger partial charge < -0.3 is 20.6 Å². The Morgan fingerprint density at radius 1 is 1.21 bits per heavy atom. The first-order valence-electron chi connectivity index (χ1n) is 9.97. The first kappa shape index (κ1) is 21.2. The van der Waals surface area contributed by atoms with Crippen LogP contribution in [0.2, 0.25) is 0 Å². The highest BCUT2D eigenvalue weighted by Gasteiger charge is 2.20. The Kier molecular flexibility index (Phi) is 11.1. The van der Waals surface area contributed by atoms with E-state index >= 15 is 0 Å². The molecule has 1 fully saturated rings. The number of aliphatic hydroxyl groups excluding tert-OH is 1. The van der Waals surface area contributed by atoms with E-state index in [1.165, 1.54) is 32.5 Å². The smallest absolute Gasteiger partial charge is 0.191 e. The fourth-order valence-electron chi connectivity index (χ4n) is 3.43. The van der Waals surface area contributed by atoms with Gasteiger partial charge >= 0.3 is 0 Å². The van der Waals surface area contributed by atoms with E-state index in [4.69, 9.17) is 4.99 Å². The molecule has 5 heteroatoms. The number of aliphatic hydroxyl groups is 1. The fourth-order valence-corrected chi connectivity index (χ4v) is 3.43.